The van der Waals surface area contributed by atoms with Crippen molar-refractivity contribution < 1.29 is 37.8 Å². The Kier molecular flexibility index (Phi) is 7.72. The number of rotatable bonds is 4. The Morgan fingerprint density at radius 3 is 2.23 bits per heavy atom. The topological polar surface area (TPSA) is 129 Å². The molecule has 3 rings (SSSR count). The van der Waals surface area contributed by atoms with Gasteiger partial charge in [-0.25, -0.2) is 0 Å². The molecule has 0 radical (unpaired) electrons. The van der Waals surface area contributed by atoms with Crippen molar-refractivity contribution in [1.29, 1.82) is 0 Å². The Labute approximate surface area is 175 Å². The SMILES string of the molecule is Cc1ncc(CO)c(CO)c1O.Cc1oncc1C(=O)Nc1ccc(C(F)(F)F)cc1. The van der Waals surface area contributed by atoms with E-state index >= 15 is 0 Å². The highest BCUT2D eigenvalue weighted by Crippen LogP contribution is 2.30. The average molecular weight is 439 g/mol. The molecule has 2 aromatic heterocycles. The molecule has 1 aromatic carbocycles. The van der Waals surface area contributed by atoms with Crippen molar-refractivity contribution in [1.82, 2.24) is 10.1 Å². The van der Waals surface area contributed by atoms with E-state index in [1.807, 2.05) is 0 Å². The van der Waals surface area contributed by atoms with Crippen molar-refractivity contribution in [3.8, 4) is 5.75 Å². The summed E-state index contributed by atoms with van der Waals surface area (Å²) in [6.45, 7) is 2.69. The maximum atomic E-state index is 12.4. The van der Waals surface area contributed by atoms with Gasteiger partial charge in [-0.15, -0.1) is 0 Å². The van der Waals surface area contributed by atoms with Gasteiger partial charge in [-0.2, -0.15) is 13.2 Å². The first-order valence-electron chi connectivity index (χ1n) is 8.86. The monoisotopic (exact) mass is 439 g/mol. The third-order valence-electron chi connectivity index (χ3n) is 4.22. The molecule has 0 unspecified atom stereocenters. The molecule has 1 amide bonds. The van der Waals surface area contributed by atoms with Gasteiger partial charge >= 0.3 is 6.18 Å². The highest BCUT2D eigenvalue weighted by Gasteiger charge is 2.30. The lowest BCUT2D eigenvalue weighted by Crippen LogP contribution is -2.12. The second-order valence-corrected chi connectivity index (χ2v) is 6.34. The number of aryl methyl sites for hydroxylation is 2. The number of nitrogens with zero attached hydrogens (tertiary/aromatic N) is 2. The lowest BCUT2D eigenvalue weighted by molar-refractivity contribution is -0.137. The van der Waals surface area contributed by atoms with Crippen molar-refractivity contribution in [2.75, 3.05) is 5.32 Å². The van der Waals surface area contributed by atoms with Crippen molar-refractivity contribution >= 4 is 11.6 Å². The van der Waals surface area contributed by atoms with Gasteiger partial charge in [0.1, 0.15) is 17.1 Å². The molecule has 4 N–H and O–H groups in total. The number of carbonyl (C=O) groups is 1. The first-order chi connectivity index (χ1) is 14.6. The predicted molar refractivity (Wildman–Crippen MR) is 103 cm³/mol. The van der Waals surface area contributed by atoms with Crippen LogP contribution in [-0.4, -0.2) is 31.4 Å². The van der Waals surface area contributed by atoms with Crippen LogP contribution in [0.2, 0.25) is 0 Å². The standard InChI is InChI=1S/C12H9F3N2O2.C8H11NO3/c1-7-10(6-16-19-7)11(18)17-9-4-2-8(3-5-9)12(13,14)15;1-5-8(12)7(4-11)6(3-10)2-9-5/h2-6H,1H3,(H,17,18);2,10-12H,3-4H2,1H3. The number of aliphatic hydroxyl groups is 2. The molecule has 0 fully saturated rings. The average Bonchev–Trinajstić information content (AvgIpc) is 3.16. The number of aromatic nitrogens is 2. The van der Waals surface area contributed by atoms with E-state index in [1.54, 1.807) is 13.8 Å². The lowest BCUT2D eigenvalue weighted by Gasteiger charge is -2.08. The molecule has 2 heterocycles. The maximum absolute atomic E-state index is 12.4. The second-order valence-electron chi connectivity index (χ2n) is 6.34. The Balaban J connectivity index is 0.000000245. The maximum Gasteiger partial charge on any atom is 0.416 e. The van der Waals surface area contributed by atoms with Crippen molar-refractivity contribution in [3.05, 3.63) is 70.4 Å². The Hall–Kier alpha value is -3.44. The van der Waals surface area contributed by atoms with Crippen LogP contribution >= 0.6 is 0 Å². The smallest absolute Gasteiger partial charge is 0.416 e. The molecule has 0 atom stereocenters. The molecule has 0 aliphatic carbocycles. The molecule has 0 aliphatic heterocycles. The zero-order valence-corrected chi connectivity index (χ0v) is 16.6. The number of aromatic hydroxyl groups is 1. The highest BCUT2D eigenvalue weighted by atomic mass is 19.4. The van der Waals surface area contributed by atoms with Crippen LogP contribution in [0.4, 0.5) is 18.9 Å². The number of hydrogen-bond donors (Lipinski definition) is 4. The van der Waals surface area contributed by atoms with E-state index in [0.29, 0.717) is 22.6 Å². The van der Waals surface area contributed by atoms with Crippen LogP contribution < -0.4 is 5.32 Å². The summed E-state index contributed by atoms with van der Waals surface area (Å²) in [7, 11) is 0. The zero-order valence-electron chi connectivity index (χ0n) is 16.6. The Bertz CT molecular complexity index is 1030. The van der Waals surface area contributed by atoms with Crippen LogP contribution in [0.1, 0.15) is 38.5 Å². The van der Waals surface area contributed by atoms with Crippen LogP contribution in [0.3, 0.4) is 0 Å². The number of anilines is 1. The van der Waals surface area contributed by atoms with Gasteiger partial charge in [-0.3, -0.25) is 9.78 Å². The fourth-order valence-corrected chi connectivity index (χ4v) is 2.45. The van der Waals surface area contributed by atoms with Gasteiger partial charge in [0.2, 0.25) is 0 Å². The number of pyridine rings is 1. The zero-order chi connectivity index (χ0) is 23.2. The highest BCUT2D eigenvalue weighted by molar-refractivity contribution is 6.04. The van der Waals surface area contributed by atoms with Crippen molar-refractivity contribution in [3.63, 3.8) is 0 Å². The molecule has 3 aromatic rings. The minimum atomic E-state index is -4.40. The fourth-order valence-electron chi connectivity index (χ4n) is 2.45. The molecular weight excluding hydrogens is 419 g/mol. The Morgan fingerprint density at radius 2 is 1.74 bits per heavy atom. The van der Waals surface area contributed by atoms with Crippen LogP contribution in [-0.2, 0) is 19.4 Å². The van der Waals surface area contributed by atoms with E-state index < -0.39 is 17.6 Å². The molecule has 0 saturated carbocycles. The number of benzene rings is 1. The van der Waals surface area contributed by atoms with Gasteiger partial charge in [-0.05, 0) is 38.1 Å². The first-order valence-corrected chi connectivity index (χ1v) is 8.86. The summed E-state index contributed by atoms with van der Waals surface area (Å²) in [6.07, 6.45) is -1.71. The van der Waals surface area contributed by atoms with E-state index in [9.17, 15) is 23.1 Å². The summed E-state index contributed by atoms with van der Waals surface area (Å²) >= 11 is 0. The molecule has 11 heteroatoms. The van der Waals surface area contributed by atoms with E-state index in [0.717, 1.165) is 12.1 Å². The van der Waals surface area contributed by atoms with Crippen LogP contribution in [0.25, 0.3) is 0 Å². The molecule has 31 heavy (non-hydrogen) atoms. The van der Waals surface area contributed by atoms with E-state index in [4.69, 9.17) is 14.7 Å². The Morgan fingerprint density at radius 1 is 1.10 bits per heavy atom. The fraction of sp³-hybridized carbons (Fsp3) is 0.250. The molecule has 8 nitrogen and oxygen atoms in total. The normalized spacial score (nSPS) is 10.9. The summed E-state index contributed by atoms with van der Waals surface area (Å²) in [6, 6.07) is 4.17. The summed E-state index contributed by atoms with van der Waals surface area (Å²) in [5, 5.41) is 32.9. The van der Waals surface area contributed by atoms with Crippen LogP contribution in [0.5, 0.6) is 5.75 Å². The number of alkyl halides is 3. The molecule has 0 aliphatic rings. The molecular formula is C20H20F3N3O5. The van der Waals surface area contributed by atoms with Crippen molar-refractivity contribution in [2.45, 2.75) is 33.2 Å². The van der Waals surface area contributed by atoms with Gasteiger partial charge in [0.25, 0.3) is 5.91 Å². The van der Waals surface area contributed by atoms with E-state index in [-0.39, 0.29) is 30.2 Å². The number of nitrogens with one attached hydrogen (secondary N) is 1. The number of amides is 1. The minimum absolute atomic E-state index is 0.0379. The third kappa shape index (κ3) is 6.03. The van der Waals surface area contributed by atoms with E-state index in [1.165, 1.54) is 24.5 Å². The van der Waals surface area contributed by atoms with E-state index in [2.05, 4.69) is 15.5 Å². The lowest BCUT2D eigenvalue weighted by atomic mass is 10.1. The van der Waals surface area contributed by atoms with Gasteiger partial charge < -0.3 is 25.2 Å². The largest absolute Gasteiger partial charge is 0.506 e. The van der Waals surface area contributed by atoms with Crippen LogP contribution in [0, 0.1) is 13.8 Å². The number of aliphatic hydroxyl groups excluding tert-OH is 2. The number of carbonyl (C=O) groups excluding carboxylic acids is 1. The minimum Gasteiger partial charge on any atom is -0.506 e. The third-order valence-corrected chi connectivity index (χ3v) is 4.22. The van der Waals surface area contributed by atoms with Gasteiger partial charge in [0.15, 0.2) is 0 Å². The second kappa shape index (κ2) is 10.0. The quantitative estimate of drug-likeness (QED) is 0.491. The summed E-state index contributed by atoms with van der Waals surface area (Å²) in [5.41, 5.74) is 0.993. The van der Waals surface area contributed by atoms with Gasteiger partial charge in [-0.1, -0.05) is 5.16 Å². The summed E-state index contributed by atoms with van der Waals surface area (Å²) in [4.78, 5) is 15.6. The molecule has 0 spiro atoms. The summed E-state index contributed by atoms with van der Waals surface area (Å²) < 4.78 is 41.8. The molecule has 0 saturated heterocycles. The van der Waals surface area contributed by atoms with Gasteiger partial charge in [0.05, 0.1) is 30.7 Å². The molecule has 166 valence electrons. The van der Waals surface area contributed by atoms with Gasteiger partial charge in [0, 0.05) is 23.0 Å². The predicted octanol–water partition coefficient (Wildman–Crippen LogP) is 3.33. The number of hydrogen-bond acceptors (Lipinski definition) is 7. The number of halogens is 3. The van der Waals surface area contributed by atoms with Crippen molar-refractivity contribution in [2.24, 2.45) is 0 Å². The van der Waals surface area contributed by atoms with Crippen LogP contribution in [0.15, 0.2) is 41.2 Å². The summed E-state index contributed by atoms with van der Waals surface area (Å²) in [5.74, 6) is -0.188. The first kappa shape index (κ1) is 23.8. The molecule has 0 bridgehead atoms.